The Morgan fingerprint density at radius 1 is 0.739 bits per heavy atom. The van der Waals surface area contributed by atoms with Crippen LogP contribution >= 0.6 is 0 Å². The summed E-state index contributed by atoms with van der Waals surface area (Å²) in [4.78, 5) is 23.8. The molecule has 0 aliphatic heterocycles. The number of aliphatic carboxylic acids is 2. The first-order chi connectivity index (χ1) is 10.9. The fourth-order valence-electron chi connectivity index (χ4n) is 2.79. The van der Waals surface area contributed by atoms with Gasteiger partial charge in [-0.3, -0.25) is 14.5 Å². The Labute approximate surface area is 141 Å². The molecule has 5 nitrogen and oxygen atoms in total. The van der Waals surface area contributed by atoms with Crippen LogP contribution < -0.4 is 0 Å². The smallest absolute Gasteiger partial charge is 0.320 e. The Hall–Kier alpha value is -1.10. The molecule has 0 heterocycles. The van der Waals surface area contributed by atoms with E-state index in [-0.39, 0.29) is 0 Å². The highest BCUT2D eigenvalue weighted by molar-refractivity contribution is 5.76. The zero-order valence-corrected chi connectivity index (χ0v) is 15.1. The second-order valence-electron chi connectivity index (χ2n) is 6.45. The zero-order valence-electron chi connectivity index (χ0n) is 15.1. The summed E-state index contributed by atoms with van der Waals surface area (Å²) in [7, 11) is 0. The van der Waals surface area contributed by atoms with Crippen LogP contribution in [-0.4, -0.2) is 45.7 Å². The fraction of sp³-hybridized carbons (Fsp3) is 0.889. The summed E-state index contributed by atoms with van der Waals surface area (Å²) in [6.07, 6.45) is 12.1. The van der Waals surface area contributed by atoms with Crippen LogP contribution in [0.2, 0.25) is 0 Å². The molecule has 0 radical (unpaired) electrons. The van der Waals surface area contributed by atoms with Crippen LogP contribution in [0.4, 0.5) is 0 Å². The van der Waals surface area contributed by atoms with E-state index in [2.05, 4.69) is 6.92 Å². The number of nitrogens with zero attached hydrogens (tertiary/aromatic N) is 1. The van der Waals surface area contributed by atoms with E-state index >= 15 is 0 Å². The molecule has 0 fully saturated rings. The molecule has 2 atom stereocenters. The molecule has 0 aromatic rings. The average Bonchev–Trinajstić information content (AvgIpc) is 2.51. The Balaban J connectivity index is 3.87. The van der Waals surface area contributed by atoms with Crippen LogP contribution in [0.3, 0.4) is 0 Å². The molecule has 0 amide bonds. The maximum Gasteiger partial charge on any atom is 0.320 e. The van der Waals surface area contributed by atoms with Crippen molar-refractivity contribution in [3.8, 4) is 0 Å². The minimum Gasteiger partial charge on any atom is -0.480 e. The summed E-state index contributed by atoms with van der Waals surface area (Å²) in [5.74, 6) is -1.93. The van der Waals surface area contributed by atoms with Gasteiger partial charge in [0.25, 0.3) is 0 Å². The molecule has 2 N–H and O–H groups in total. The van der Waals surface area contributed by atoms with Gasteiger partial charge in [0, 0.05) is 0 Å². The van der Waals surface area contributed by atoms with Gasteiger partial charge in [-0.25, -0.2) is 0 Å². The third-order valence-corrected chi connectivity index (χ3v) is 4.48. The van der Waals surface area contributed by atoms with Crippen molar-refractivity contribution < 1.29 is 19.8 Å². The van der Waals surface area contributed by atoms with E-state index in [1.807, 2.05) is 0 Å². The largest absolute Gasteiger partial charge is 0.480 e. The van der Waals surface area contributed by atoms with Gasteiger partial charge in [-0.15, -0.1) is 0 Å². The van der Waals surface area contributed by atoms with Crippen molar-refractivity contribution in [3.05, 3.63) is 0 Å². The number of unbranched alkanes of at least 4 members (excludes halogenated alkanes) is 9. The first-order valence-electron chi connectivity index (χ1n) is 9.13. The first-order valence-corrected chi connectivity index (χ1v) is 9.13. The van der Waals surface area contributed by atoms with Crippen molar-refractivity contribution in [3.63, 3.8) is 0 Å². The topological polar surface area (TPSA) is 77.8 Å². The van der Waals surface area contributed by atoms with E-state index < -0.39 is 24.0 Å². The maximum absolute atomic E-state index is 11.1. The van der Waals surface area contributed by atoms with Gasteiger partial charge in [-0.2, -0.15) is 0 Å². The molecule has 5 heteroatoms. The normalized spacial score (nSPS) is 13.9. The van der Waals surface area contributed by atoms with Gasteiger partial charge in [0.15, 0.2) is 0 Å². The fourth-order valence-corrected chi connectivity index (χ4v) is 2.79. The van der Waals surface area contributed by atoms with Crippen molar-refractivity contribution in [2.45, 2.75) is 97.1 Å². The molecule has 0 aromatic heterocycles. The van der Waals surface area contributed by atoms with Crippen molar-refractivity contribution in [2.75, 3.05) is 6.54 Å². The van der Waals surface area contributed by atoms with Crippen LogP contribution in [0, 0.1) is 0 Å². The molecule has 0 aliphatic rings. The highest BCUT2D eigenvalue weighted by Crippen LogP contribution is 2.13. The number of carbonyl (C=O) groups is 2. The Morgan fingerprint density at radius 2 is 1.09 bits per heavy atom. The van der Waals surface area contributed by atoms with Crippen LogP contribution in [0.15, 0.2) is 0 Å². The third kappa shape index (κ3) is 10.3. The molecular weight excluding hydrogens is 294 g/mol. The summed E-state index contributed by atoms with van der Waals surface area (Å²) in [5, 5.41) is 18.2. The van der Waals surface area contributed by atoms with Gasteiger partial charge < -0.3 is 10.2 Å². The Kier molecular flexibility index (Phi) is 12.7. The van der Waals surface area contributed by atoms with Gasteiger partial charge in [0.1, 0.15) is 12.1 Å². The third-order valence-electron chi connectivity index (χ3n) is 4.48. The second kappa shape index (κ2) is 13.3. The van der Waals surface area contributed by atoms with E-state index in [0.29, 0.717) is 6.54 Å². The van der Waals surface area contributed by atoms with Crippen molar-refractivity contribution in [1.82, 2.24) is 4.90 Å². The van der Waals surface area contributed by atoms with Crippen molar-refractivity contribution in [2.24, 2.45) is 0 Å². The SMILES string of the molecule is CCCCCCCCCCCCN(C(C)C(=O)O)C(C)C(=O)O. The van der Waals surface area contributed by atoms with Crippen LogP contribution in [0.5, 0.6) is 0 Å². The molecular formula is C18H35NO4. The molecule has 0 saturated carbocycles. The van der Waals surface area contributed by atoms with Crippen LogP contribution in [-0.2, 0) is 9.59 Å². The van der Waals surface area contributed by atoms with E-state index in [1.54, 1.807) is 18.7 Å². The zero-order chi connectivity index (χ0) is 17.7. The summed E-state index contributed by atoms with van der Waals surface area (Å²) in [6.45, 7) is 5.85. The number of rotatable bonds is 15. The number of hydrogen-bond acceptors (Lipinski definition) is 3. The predicted octanol–water partition coefficient (Wildman–Crippen LogP) is 4.16. The van der Waals surface area contributed by atoms with E-state index in [4.69, 9.17) is 10.2 Å². The molecule has 0 aromatic carbocycles. The quantitative estimate of drug-likeness (QED) is 0.441. The van der Waals surface area contributed by atoms with Gasteiger partial charge >= 0.3 is 11.9 Å². The molecule has 0 saturated heterocycles. The lowest BCUT2D eigenvalue weighted by molar-refractivity contribution is -0.149. The lowest BCUT2D eigenvalue weighted by Gasteiger charge is -2.29. The van der Waals surface area contributed by atoms with E-state index in [1.165, 1.54) is 44.9 Å². The molecule has 2 unspecified atom stereocenters. The minimum absolute atomic E-state index is 0.525. The molecule has 0 spiro atoms. The highest BCUT2D eigenvalue weighted by atomic mass is 16.4. The molecule has 0 rings (SSSR count). The van der Waals surface area contributed by atoms with Crippen molar-refractivity contribution >= 4 is 11.9 Å². The molecule has 136 valence electrons. The van der Waals surface area contributed by atoms with Crippen LogP contribution in [0.25, 0.3) is 0 Å². The second-order valence-corrected chi connectivity index (χ2v) is 6.45. The van der Waals surface area contributed by atoms with Crippen LogP contribution in [0.1, 0.15) is 85.0 Å². The van der Waals surface area contributed by atoms with Crippen molar-refractivity contribution in [1.29, 1.82) is 0 Å². The Bertz CT molecular complexity index is 313. The molecule has 0 aliphatic carbocycles. The standard InChI is InChI=1S/C18H35NO4/c1-4-5-6-7-8-9-10-11-12-13-14-19(15(2)17(20)21)16(3)18(22)23/h15-16H,4-14H2,1-3H3,(H,20,21)(H,22,23). The summed E-state index contributed by atoms with van der Waals surface area (Å²) < 4.78 is 0. The van der Waals surface area contributed by atoms with Gasteiger partial charge in [-0.1, -0.05) is 64.7 Å². The lowest BCUT2D eigenvalue weighted by Crippen LogP contribution is -2.48. The average molecular weight is 329 g/mol. The predicted molar refractivity (Wildman–Crippen MR) is 92.7 cm³/mol. The number of carboxylic acids is 2. The van der Waals surface area contributed by atoms with E-state index in [9.17, 15) is 9.59 Å². The summed E-state index contributed by atoms with van der Waals surface area (Å²) in [6, 6.07) is -1.53. The number of carboxylic acid groups (broad SMARTS) is 2. The van der Waals surface area contributed by atoms with Gasteiger partial charge in [0.2, 0.25) is 0 Å². The maximum atomic E-state index is 11.1. The van der Waals surface area contributed by atoms with Gasteiger partial charge in [0.05, 0.1) is 0 Å². The Morgan fingerprint density at radius 3 is 1.43 bits per heavy atom. The van der Waals surface area contributed by atoms with E-state index in [0.717, 1.165) is 19.3 Å². The monoisotopic (exact) mass is 329 g/mol. The minimum atomic E-state index is -0.967. The van der Waals surface area contributed by atoms with Gasteiger partial charge in [-0.05, 0) is 26.8 Å². The highest BCUT2D eigenvalue weighted by Gasteiger charge is 2.28. The summed E-state index contributed by atoms with van der Waals surface area (Å²) >= 11 is 0. The summed E-state index contributed by atoms with van der Waals surface area (Å²) in [5.41, 5.74) is 0. The molecule has 23 heavy (non-hydrogen) atoms. The molecule has 0 bridgehead atoms. The lowest BCUT2D eigenvalue weighted by atomic mass is 10.1. The number of hydrogen-bond donors (Lipinski definition) is 2. The first kappa shape index (κ1) is 21.9.